The highest BCUT2D eigenvalue weighted by atomic mass is 32.2. The van der Waals surface area contributed by atoms with Crippen molar-refractivity contribution in [3.8, 4) is 0 Å². The van der Waals surface area contributed by atoms with Gasteiger partial charge in [0.05, 0.1) is 24.1 Å². The number of esters is 1. The van der Waals surface area contributed by atoms with Crippen molar-refractivity contribution < 1.29 is 31.5 Å². The highest BCUT2D eigenvalue weighted by Crippen LogP contribution is 2.24. The Morgan fingerprint density at radius 1 is 1.17 bits per heavy atom. The summed E-state index contributed by atoms with van der Waals surface area (Å²) in [5.74, 6) is -3.34. The maximum absolute atomic E-state index is 14.1. The number of nitrogens with one attached hydrogen (secondary N) is 1. The minimum absolute atomic E-state index is 0.182. The number of benzene rings is 2. The van der Waals surface area contributed by atoms with Crippen LogP contribution >= 0.6 is 0 Å². The molecular formula is C19H20F2N2O5S. The SMILES string of the molecule is CCOC(=O)c1cccc(NC(=O)CN(c2ccc(F)cc2F)S(C)(=O)=O)c1C. The maximum Gasteiger partial charge on any atom is 0.338 e. The van der Waals surface area contributed by atoms with Gasteiger partial charge in [0.2, 0.25) is 15.9 Å². The van der Waals surface area contributed by atoms with Crippen molar-refractivity contribution in [3.63, 3.8) is 0 Å². The number of ether oxygens (including phenoxy) is 1. The minimum Gasteiger partial charge on any atom is -0.462 e. The molecule has 10 heteroatoms. The number of halogens is 2. The summed E-state index contributed by atoms with van der Waals surface area (Å²) in [6.07, 6.45) is 0.801. The number of sulfonamides is 1. The molecule has 2 aromatic rings. The van der Waals surface area contributed by atoms with Crippen molar-refractivity contribution in [1.29, 1.82) is 0 Å². The Kier molecular flexibility index (Phi) is 6.91. The Labute approximate surface area is 167 Å². The van der Waals surface area contributed by atoms with Crippen molar-refractivity contribution in [2.24, 2.45) is 0 Å². The third-order valence-electron chi connectivity index (χ3n) is 3.97. The molecule has 0 atom stereocenters. The van der Waals surface area contributed by atoms with Crippen molar-refractivity contribution in [1.82, 2.24) is 0 Å². The van der Waals surface area contributed by atoms with Gasteiger partial charge < -0.3 is 10.1 Å². The Bertz CT molecular complexity index is 1040. The first kappa shape index (κ1) is 22.3. The van der Waals surface area contributed by atoms with Gasteiger partial charge in [-0.25, -0.2) is 22.0 Å². The molecule has 2 aromatic carbocycles. The van der Waals surface area contributed by atoms with E-state index < -0.39 is 45.8 Å². The summed E-state index contributed by atoms with van der Waals surface area (Å²) in [5, 5.41) is 2.50. The quantitative estimate of drug-likeness (QED) is 0.688. The average molecular weight is 426 g/mol. The van der Waals surface area contributed by atoms with Crippen LogP contribution in [0.25, 0.3) is 0 Å². The summed E-state index contributed by atoms with van der Waals surface area (Å²) in [4.78, 5) is 24.4. The van der Waals surface area contributed by atoms with Crippen LogP contribution in [0.1, 0.15) is 22.8 Å². The molecule has 1 N–H and O–H groups in total. The molecule has 29 heavy (non-hydrogen) atoms. The van der Waals surface area contributed by atoms with Gasteiger partial charge in [-0.1, -0.05) is 6.07 Å². The molecule has 0 unspecified atom stereocenters. The van der Waals surface area contributed by atoms with Crippen LogP contribution in [0.5, 0.6) is 0 Å². The predicted molar refractivity (Wildman–Crippen MR) is 104 cm³/mol. The Balaban J connectivity index is 2.28. The van der Waals surface area contributed by atoms with Crippen LogP contribution in [0, 0.1) is 18.6 Å². The molecule has 7 nitrogen and oxygen atoms in total. The van der Waals surface area contributed by atoms with E-state index >= 15 is 0 Å². The van der Waals surface area contributed by atoms with Crippen LogP contribution in [0.2, 0.25) is 0 Å². The van der Waals surface area contributed by atoms with E-state index in [1.54, 1.807) is 13.8 Å². The van der Waals surface area contributed by atoms with Crippen molar-refractivity contribution in [2.75, 3.05) is 29.0 Å². The van der Waals surface area contributed by atoms with Crippen LogP contribution in [-0.4, -0.2) is 39.7 Å². The maximum atomic E-state index is 14.1. The van der Waals surface area contributed by atoms with Gasteiger partial charge in [-0.05, 0) is 43.7 Å². The van der Waals surface area contributed by atoms with Gasteiger partial charge in [-0.2, -0.15) is 0 Å². The molecule has 0 spiro atoms. The zero-order chi connectivity index (χ0) is 21.8. The molecule has 0 aromatic heterocycles. The minimum atomic E-state index is -4.04. The third kappa shape index (κ3) is 5.50. The van der Waals surface area contributed by atoms with E-state index in [0.29, 0.717) is 15.9 Å². The summed E-state index contributed by atoms with van der Waals surface area (Å²) < 4.78 is 56.8. The van der Waals surface area contributed by atoms with E-state index in [0.717, 1.165) is 18.4 Å². The fourth-order valence-corrected chi connectivity index (χ4v) is 3.44. The van der Waals surface area contributed by atoms with Crippen LogP contribution in [-0.2, 0) is 19.6 Å². The lowest BCUT2D eigenvalue weighted by atomic mass is 10.1. The summed E-state index contributed by atoms with van der Waals surface area (Å²) in [6.45, 7) is 2.69. The lowest BCUT2D eigenvalue weighted by Gasteiger charge is -2.22. The van der Waals surface area contributed by atoms with E-state index in [4.69, 9.17) is 4.74 Å². The first-order chi connectivity index (χ1) is 13.5. The third-order valence-corrected chi connectivity index (χ3v) is 5.10. The van der Waals surface area contributed by atoms with Crippen molar-refractivity contribution in [3.05, 3.63) is 59.2 Å². The van der Waals surface area contributed by atoms with Gasteiger partial charge in [-0.3, -0.25) is 9.10 Å². The average Bonchev–Trinajstić information content (AvgIpc) is 2.61. The number of rotatable bonds is 7. The van der Waals surface area contributed by atoms with E-state index in [1.807, 2.05) is 0 Å². The van der Waals surface area contributed by atoms with Gasteiger partial charge in [0.15, 0.2) is 0 Å². The standard InChI is InChI=1S/C19H20F2N2O5S/c1-4-28-19(25)14-6-5-7-16(12(14)2)22-18(24)11-23(29(3,26)27)17-9-8-13(20)10-15(17)21/h5-10H,4,11H2,1-3H3,(H,22,24). The second-order valence-electron chi connectivity index (χ2n) is 6.11. The molecule has 0 aliphatic carbocycles. The molecule has 0 bridgehead atoms. The number of hydrogen-bond donors (Lipinski definition) is 1. The molecule has 0 fully saturated rings. The first-order valence-electron chi connectivity index (χ1n) is 8.54. The number of anilines is 2. The van der Waals surface area contributed by atoms with Crippen LogP contribution in [0.3, 0.4) is 0 Å². The zero-order valence-corrected chi connectivity index (χ0v) is 16.8. The first-order valence-corrected chi connectivity index (χ1v) is 10.4. The molecule has 0 saturated carbocycles. The van der Waals surface area contributed by atoms with Gasteiger partial charge in [0.25, 0.3) is 0 Å². The van der Waals surface area contributed by atoms with Crippen LogP contribution in [0.4, 0.5) is 20.2 Å². The summed E-state index contributed by atoms with van der Waals surface area (Å²) in [7, 11) is -4.04. The number of amides is 1. The largest absolute Gasteiger partial charge is 0.462 e. The van der Waals surface area contributed by atoms with Gasteiger partial charge >= 0.3 is 5.97 Å². The predicted octanol–water partition coefficient (Wildman–Crippen LogP) is 2.85. The zero-order valence-electron chi connectivity index (χ0n) is 16.0. The molecule has 156 valence electrons. The topological polar surface area (TPSA) is 92.8 Å². The molecular weight excluding hydrogens is 406 g/mol. The number of carbonyl (C=O) groups excluding carboxylic acids is 2. The summed E-state index contributed by atoms with van der Waals surface area (Å²) >= 11 is 0. The number of nitrogens with zero attached hydrogens (tertiary/aromatic N) is 1. The van der Waals surface area contributed by atoms with Gasteiger partial charge in [-0.15, -0.1) is 0 Å². The lowest BCUT2D eigenvalue weighted by Crippen LogP contribution is -2.38. The number of carbonyl (C=O) groups is 2. The van der Waals surface area contributed by atoms with Gasteiger partial charge in [0.1, 0.15) is 18.2 Å². The molecule has 0 radical (unpaired) electrons. The molecule has 0 heterocycles. The molecule has 0 saturated heterocycles. The van der Waals surface area contributed by atoms with E-state index in [9.17, 15) is 26.8 Å². The molecule has 1 amide bonds. The van der Waals surface area contributed by atoms with Crippen LogP contribution in [0.15, 0.2) is 36.4 Å². The Hall–Kier alpha value is -3.01. The van der Waals surface area contributed by atoms with E-state index in [1.165, 1.54) is 18.2 Å². The normalized spacial score (nSPS) is 11.1. The Morgan fingerprint density at radius 3 is 2.45 bits per heavy atom. The van der Waals surface area contributed by atoms with E-state index in [2.05, 4.69) is 5.32 Å². The van der Waals surface area contributed by atoms with Gasteiger partial charge in [0, 0.05) is 11.8 Å². The monoisotopic (exact) mass is 426 g/mol. The van der Waals surface area contributed by atoms with Crippen molar-refractivity contribution >= 4 is 33.3 Å². The highest BCUT2D eigenvalue weighted by molar-refractivity contribution is 7.92. The molecule has 0 aliphatic rings. The van der Waals surface area contributed by atoms with Crippen molar-refractivity contribution in [2.45, 2.75) is 13.8 Å². The summed E-state index contributed by atoms with van der Waals surface area (Å²) in [5.41, 5.74) is 0.488. The highest BCUT2D eigenvalue weighted by Gasteiger charge is 2.24. The fourth-order valence-electron chi connectivity index (χ4n) is 2.59. The second kappa shape index (κ2) is 8.99. The Morgan fingerprint density at radius 2 is 1.86 bits per heavy atom. The summed E-state index contributed by atoms with van der Waals surface area (Å²) in [6, 6.07) is 6.94. The lowest BCUT2D eigenvalue weighted by molar-refractivity contribution is -0.114. The number of hydrogen-bond acceptors (Lipinski definition) is 5. The molecule has 2 rings (SSSR count). The fraction of sp³-hybridized carbons (Fsp3) is 0.263. The molecule has 0 aliphatic heterocycles. The second-order valence-corrected chi connectivity index (χ2v) is 8.02. The van der Waals surface area contributed by atoms with E-state index in [-0.39, 0.29) is 17.9 Å². The van der Waals surface area contributed by atoms with Crippen LogP contribution < -0.4 is 9.62 Å². The smallest absolute Gasteiger partial charge is 0.338 e.